The molecule has 0 aliphatic carbocycles. The number of halogens is 1. The van der Waals surface area contributed by atoms with E-state index in [0.29, 0.717) is 36.3 Å². The van der Waals surface area contributed by atoms with Crippen molar-refractivity contribution in [3.63, 3.8) is 0 Å². The number of fused-ring (bicyclic) bond motifs is 1. The van der Waals surface area contributed by atoms with Crippen LogP contribution >= 0.6 is 11.6 Å². The molecule has 0 radical (unpaired) electrons. The Morgan fingerprint density at radius 3 is 2.83 bits per heavy atom. The lowest BCUT2D eigenvalue weighted by molar-refractivity contribution is -0.125. The molecule has 2 heterocycles. The van der Waals surface area contributed by atoms with Crippen LogP contribution in [0.15, 0.2) is 34.8 Å². The second kappa shape index (κ2) is 7.01. The van der Waals surface area contributed by atoms with Crippen LogP contribution in [-0.2, 0) is 11.3 Å². The number of nitrogens with zero attached hydrogens (tertiary/aromatic N) is 1. The Bertz CT molecular complexity index is 781. The Morgan fingerprint density at radius 2 is 2.08 bits per heavy atom. The Labute approximate surface area is 145 Å². The van der Waals surface area contributed by atoms with Crippen LogP contribution in [0.25, 0.3) is 6.08 Å². The molecule has 126 valence electrons. The van der Waals surface area contributed by atoms with Gasteiger partial charge in [-0.3, -0.25) is 4.79 Å². The molecule has 0 atom stereocenters. The van der Waals surface area contributed by atoms with Crippen LogP contribution in [-0.4, -0.2) is 31.1 Å². The van der Waals surface area contributed by atoms with E-state index in [1.54, 1.807) is 30.2 Å². The van der Waals surface area contributed by atoms with E-state index < -0.39 is 0 Å². The zero-order valence-electron chi connectivity index (χ0n) is 13.5. The largest absolute Gasteiger partial charge is 0.486 e. The SMILES string of the molecule is Cc1ccc(CN(C)C(=O)/C=C/c2cc(Cl)c3c(c2)OCCO3)o1. The number of carbonyl (C=O) groups excluding carboxylic acids is 1. The van der Waals surface area contributed by atoms with E-state index in [2.05, 4.69) is 0 Å². The van der Waals surface area contributed by atoms with Gasteiger partial charge in [0.05, 0.1) is 11.6 Å². The quantitative estimate of drug-likeness (QED) is 0.792. The number of hydrogen-bond acceptors (Lipinski definition) is 4. The van der Waals surface area contributed by atoms with Gasteiger partial charge in [-0.2, -0.15) is 0 Å². The summed E-state index contributed by atoms with van der Waals surface area (Å²) in [5, 5.41) is 0.471. The maximum absolute atomic E-state index is 12.2. The highest BCUT2D eigenvalue weighted by molar-refractivity contribution is 6.32. The summed E-state index contributed by atoms with van der Waals surface area (Å²) in [6, 6.07) is 7.29. The molecule has 1 aliphatic heterocycles. The van der Waals surface area contributed by atoms with Gasteiger partial charge in [-0.1, -0.05) is 11.6 Å². The van der Waals surface area contributed by atoms with Gasteiger partial charge in [0.15, 0.2) is 11.5 Å². The van der Waals surface area contributed by atoms with E-state index in [1.165, 1.54) is 6.08 Å². The van der Waals surface area contributed by atoms with Crippen molar-refractivity contribution in [1.82, 2.24) is 4.90 Å². The van der Waals surface area contributed by atoms with Crippen LogP contribution in [0.4, 0.5) is 0 Å². The number of furan rings is 1. The molecule has 0 unspecified atom stereocenters. The number of benzene rings is 1. The van der Waals surface area contributed by atoms with Crippen LogP contribution < -0.4 is 9.47 Å². The summed E-state index contributed by atoms with van der Waals surface area (Å²) in [5.41, 5.74) is 0.778. The highest BCUT2D eigenvalue weighted by Gasteiger charge is 2.16. The molecule has 0 saturated carbocycles. The average molecular weight is 348 g/mol. The Kier molecular flexibility index (Phi) is 4.81. The summed E-state index contributed by atoms with van der Waals surface area (Å²) in [6.45, 7) is 3.26. The lowest BCUT2D eigenvalue weighted by Crippen LogP contribution is -2.23. The topological polar surface area (TPSA) is 51.9 Å². The molecule has 0 bridgehead atoms. The van der Waals surface area contributed by atoms with Gasteiger partial charge in [0.1, 0.15) is 24.7 Å². The maximum atomic E-state index is 12.2. The monoisotopic (exact) mass is 347 g/mol. The molecule has 1 aromatic carbocycles. The fourth-order valence-corrected chi connectivity index (χ4v) is 2.68. The lowest BCUT2D eigenvalue weighted by atomic mass is 10.1. The molecule has 1 amide bonds. The standard InChI is InChI=1S/C18H18ClNO4/c1-12-3-5-14(24-12)11-20(2)17(21)6-4-13-9-15(19)18-16(10-13)22-7-8-23-18/h3-6,9-10H,7-8,11H2,1-2H3/b6-4+. The van der Waals surface area contributed by atoms with E-state index in [0.717, 1.165) is 17.1 Å². The first-order valence-corrected chi connectivity index (χ1v) is 7.98. The van der Waals surface area contributed by atoms with Crippen LogP contribution in [0.3, 0.4) is 0 Å². The van der Waals surface area contributed by atoms with E-state index in [-0.39, 0.29) is 5.91 Å². The molecule has 0 N–H and O–H groups in total. The van der Waals surface area contributed by atoms with Crippen molar-refractivity contribution in [2.75, 3.05) is 20.3 Å². The number of hydrogen-bond donors (Lipinski definition) is 0. The summed E-state index contributed by atoms with van der Waals surface area (Å²) in [4.78, 5) is 13.8. The van der Waals surface area contributed by atoms with Gasteiger partial charge in [-0.05, 0) is 42.8 Å². The van der Waals surface area contributed by atoms with E-state index in [1.807, 2.05) is 19.1 Å². The maximum Gasteiger partial charge on any atom is 0.246 e. The molecule has 0 fully saturated rings. The summed E-state index contributed by atoms with van der Waals surface area (Å²) in [6.07, 6.45) is 3.20. The molecule has 1 aliphatic rings. The van der Waals surface area contributed by atoms with Gasteiger partial charge in [0, 0.05) is 13.1 Å². The van der Waals surface area contributed by atoms with Crippen molar-refractivity contribution < 1.29 is 18.7 Å². The number of likely N-dealkylation sites (N-methyl/N-ethyl adjacent to an activating group) is 1. The van der Waals surface area contributed by atoms with Gasteiger partial charge in [0.25, 0.3) is 0 Å². The van der Waals surface area contributed by atoms with Crippen molar-refractivity contribution >= 4 is 23.6 Å². The molecular weight excluding hydrogens is 330 g/mol. The molecular formula is C18H18ClNO4. The highest BCUT2D eigenvalue weighted by Crippen LogP contribution is 2.38. The van der Waals surface area contributed by atoms with Crippen LogP contribution in [0, 0.1) is 6.92 Å². The van der Waals surface area contributed by atoms with Crippen molar-refractivity contribution in [1.29, 1.82) is 0 Å². The predicted octanol–water partition coefficient (Wildman–Crippen LogP) is 3.68. The Morgan fingerprint density at radius 1 is 1.29 bits per heavy atom. The zero-order chi connectivity index (χ0) is 17.1. The van der Waals surface area contributed by atoms with Gasteiger partial charge in [0.2, 0.25) is 5.91 Å². The number of aryl methyl sites for hydroxylation is 1. The highest BCUT2D eigenvalue weighted by atomic mass is 35.5. The molecule has 3 rings (SSSR count). The first-order chi connectivity index (χ1) is 11.5. The number of amides is 1. The third-order valence-corrected chi connectivity index (χ3v) is 3.88. The van der Waals surface area contributed by atoms with E-state index in [4.69, 9.17) is 25.5 Å². The zero-order valence-corrected chi connectivity index (χ0v) is 14.3. The van der Waals surface area contributed by atoms with Crippen LogP contribution in [0.2, 0.25) is 5.02 Å². The molecule has 2 aromatic rings. The van der Waals surface area contributed by atoms with Crippen molar-refractivity contribution in [3.8, 4) is 11.5 Å². The number of carbonyl (C=O) groups is 1. The van der Waals surface area contributed by atoms with Gasteiger partial charge < -0.3 is 18.8 Å². The Balaban J connectivity index is 1.68. The predicted molar refractivity (Wildman–Crippen MR) is 91.4 cm³/mol. The first-order valence-electron chi connectivity index (χ1n) is 7.60. The fraction of sp³-hybridized carbons (Fsp3) is 0.278. The third-order valence-electron chi connectivity index (χ3n) is 3.60. The third kappa shape index (κ3) is 3.74. The normalized spacial score (nSPS) is 13.3. The minimum Gasteiger partial charge on any atom is -0.486 e. The number of rotatable bonds is 4. The van der Waals surface area contributed by atoms with E-state index >= 15 is 0 Å². The summed E-state index contributed by atoms with van der Waals surface area (Å²) in [5.74, 6) is 2.60. The van der Waals surface area contributed by atoms with Gasteiger partial charge in [-0.25, -0.2) is 0 Å². The second-order valence-electron chi connectivity index (χ2n) is 5.57. The van der Waals surface area contributed by atoms with Gasteiger partial charge in [-0.15, -0.1) is 0 Å². The molecule has 6 heteroatoms. The molecule has 0 saturated heterocycles. The molecule has 0 spiro atoms. The smallest absolute Gasteiger partial charge is 0.246 e. The van der Waals surface area contributed by atoms with Gasteiger partial charge >= 0.3 is 0 Å². The summed E-state index contributed by atoms with van der Waals surface area (Å²) in [7, 11) is 1.72. The lowest BCUT2D eigenvalue weighted by Gasteiger charge is -2.19. The van der Waals surface area contributed by atoms with E-state index in [9.17, 15) is 4.79 Å². The minimum atomic E-state index is -0.130. The molecule has 24 heavy (non-hydrogen) atoms. The number of ether oxygens (including phenoxy) is 2. The molecule has 5 nitrogen and oxygen atoms in total. The first kappa shape index (κ1) is 16.5. The van der Waals surface area contributed by atoms with Crippen molar-refractivity contribution in [2.45, 2.75) is 13.5 Å². The Hall–Kier alpha value is -2.40. The minimum absolute atomic E-state index is 0.130. The summed E-state index contributed by atoms with van der Waals surface area (Å²) >= 11 is 6.19. The second-order valence-corrected chi connectivity index (χ2v) is 5.97. The van der Waals surface area contributed by atoms with Crippen molar-refractivity contribution in [2.24, 2.45) is 0 Å². The average Bonchev–Trinajstić information content (AvgIpc) is 2.97. The fourth-order valence-electron chi connectivity index (χ4n) is 2.40. The van der Waals surface area contributed by atoms with Crippen molar-refractivity contribution in [3.05, 3.63) is 52.4 Å². The molecule has 1 aromatic heterocycles. The van der Waals surface area contributed by atoms with Crippen LogP contribution in [0.1, 0.15) is 17.1 Å². The van der Waals surface area contributed by atoms with Crippen LogP contribution in [0.5, 0.6) is 11.5 Å². The summed E-state index contributed by atoms with van der Waals surface area (Å²) < 4.78 is 16.5.